The summed E-state index contributed by atoms with van der Waals surface area (Å²) in [6.07, 6.45) is 6.67. The first kappa shape index (κ1) is 19.0. The van der Waals surface area contributed by atoms with Gasteiger partial charge in [-0.2, -0.15) is 0 Å². The van der Waals surface area contributed by atoms with E-state index in [0.717, 1.165) is 24.2 Å². The first-order chi connectivity index (χ1) is 13.1. The van der Waals surface area contributed by atoms with Gasteiger partial charge in [0.25, 0.3) is 0 Å². The lowest BCUT2D eigenvalue weighted by atomic mass is 9.79. The van der Waals surface area contributed by atoms with Crippen molar-refractivity contribution < 1.29 is 0 Å². The van der Waals surface area contributed by atoms with Crippen LogP contribution in [0.15, 0.2) is 42.1 Å². The number of allylic oxidation sites excluding steroid dienone is 1. The third-order valence-electron chi connectivity index (χ3n) is 6.04. The van der Waals surface area contributed by atoms with E-state index in [0.29, 0.717) is 0 Å². The molecule has 2 aromatic heterocycles. The topological polar surface area (TPSA) is 17.8 Å². The van der Waals surface area contributed by atoms with Crippen LogP contribution >= 0.6 is 0 Å². The number of fused-ring (bicyclic) bond motifs is 3. The molecule has 2 heterocycles. The minimum Gasteiger partial charge on any atom is -0.311 e. The van der Waals surface area contributed by atoms with Gasteiger partial charge in [0, 0.05) is 22.3 Å². The molecule has 1 aliphatic carbocycles. The Bertz CT molecular complexity index is 1060. The van der Waals surface area contributed by atoms with Gasteiger partial charge in [-0.3, -0.25) is 4.98 Å². The van der Waals surface area contributed by atoms with Crippen LogP contribution in [-0.2, 0) is 11.8 Å². The Hall–Kier alpha value is -2.35. The maximum atomic E-state index is 4.57. The fourth-order valence-corrected chi connectivity index (χ4v) is 4.22. The Morgan fingerprint density at radius 3 is 2.25 bits per heavy atom. The largest absolute Gasteiger partial charge is 0.311 e. The van der Waals surface area contributed by atoms with Gasteiger partial charge in [-0.25, -0.2) is 0 Å². The molecule has 4 rings (SSSR count). The van der Waals surface area contributed by atoms with Gasteiger partial charge in [0.15, 0.2) is 0 Å². The molecule has 0 aliphatic heterocycles. The van der Waals surface area contributed by atoms with Crippen molar-refractivity contribution in [3.05, 3.63) is 64.6 Å². The lowest BCUT2D eigenvalue weighted by Gasteiger charge is -2.27. The highest BCUT2D eigenvalue weighted by atomic mass is 15.0. The number of rotatable bonds is 1. The Kier molecular flexibility index (Phi) is 4.30. The number of nitrogens with zero attached hydrogens (tertiary/aromatic N) is 2. The van der Waals surface area contributed by atoms with Crippen LogP contribution in [0.3, 0.4) is 0 Å². The summed E-state index contributed by atoms with van der Waals surface area (Å²) in [5.41, 5.74) is 9.60. The highest BCUT2D eigenvalue weighted by molar-refractivity contribution is 5.94. The first-order valence-corrected chi connectivity index (χ1v) is 10.4. The summed E-state index contributed by atoms with van der Waals surface area (Å²) in [6.45, 7) is 15.9. The molecule has 28 heavy (non-hydrogen) atoms. The molecule has 0 saturated carbocycles. The molecule has 2 nitrogen and oxygen atoms in total. The number of aromatic nitrogens is 2. The van der Waals surface area contributed by atoms with Crippen molar-refractivity contribution in [1.82, 2.24) is 9.55 Å². The third kappa shape index (κ3) is 3.19. The van der Waals surface area contributed by atoms with Gasteiger partial charge >= 0.3 is 0 Å². The summed E-state index contributed by atoms with van der Waals surface area (Å²) in [7, 11) is 0. The van der Waals surface area contributed by atoms with Gasteiger partial charge in [0.05, 0.1) is 17.4 Å². The minimum absolute atomic E-state index is 0.139. The molecule has 0 saturated heterocycles. The van der Waals surface area contributed by atoms with Gasteiger partial charge in [0.1, 0.15) is 0 Å². The predicted molar refractivity (Wildman–Crippen MR) is 120 cm³/mol. The second-order valence-electron chi connectivity index (χ2n) is 10.3. The molecule has 0 N–H and O–H groups in total. The Morgan fingerprint density at radius 2 is 1.64 bits per heavy atom. The summed E-state index contributed by atoms with van der Waals surface area (Å²) < 4.78 is 2.43. The van der Waals surface area contributed by atoms with Crippen molar-refractivity contribution in [2.75, 3.05) is 0 Å². The Labute approximate surface area is 169 Å². The predicted octanol–water partition coefficient (Wildman–Crippen LogP) is 7.01. The van der Waals surface area contributed by atoms with Crippen molar-refractivity contribution in [2.45, 2.75) is 66.7 Å². The lowest BCUT2D eigenvalue weighted by Crippen LogP contribution is -2.14. The van der Waals surface area contributed by atoms with Gasteiger partial charge in [0.2, 0.25) is 0 Å². The molecule has 0 amide bonds. The van der Waals surface area contributed by atoms with Crippen LogP contribution in [-0.4, -0.2) is 9.55 Å². The zero-order valence-corrected chi connectivity index (χ0v) is 18.4. The van der Waals surface area contributed by atoms with Crippen molar-refractivity contribution in [2.24, 2.45) is 5.41 Å². The number of benzene rings is 1. The second kappa shape index (κ2) is 6.34. The third-order valence-corrected chi connectivity index (χ3v) is 6.04. The van der Waals surface area contributed by atoms with Crippen molar-refractivity contribution in [3.63, 3.8) is 0 Å². The van der Waals surface area contributed by atoms with Crippen LogP contribution in [0.5, 0.6) is 0 Å². The number of hydrogen-bond acceptors (Lipinski definition) is 1. The van der Waals surface area contributed by atoms with Crippen LogP contribution < -0.4 is 0 Å². The van der Waals surface area contributed by atoms with Gasteiger partial charge in [-0.05, 0) is 60.4 Å². The van der Waals surface area contributed by atoms with E-state index in [1.54, 1.807) is 5.57 Å². The average Bonchev–Trinajstić information content (AvgIpc) is 2.94. The fraction of sp³-hybridized carbons (Fsp3) is 0.423. The zero-order chi connectivity index (χ0) is 20.3. The highest BCUT2D eigenvalue weighted by Gasteiger charge is 2.27. The van der Waals surface area contributed by atoms with E-state index >= 15 is 0 Å². The van der Waals surface area contributed by atoms with E-state index in [1.165, 1.54) is 27.7 Å². The van der Waals surface area contributed by atoms with Crippen LogP contribution in [0.1, 0.15) is 70.5 Å². The van der Waals surface area contributed by atoms with Crippen LogP contribution in [0.25, 0.3) is 22.7 Å². The van der Waals surface area contributed by atoms with Gasteiger partial charge < -0.3 is 4.57 Å². The summed E-state index contributed by atoms with van der Waals surface area (Å²) in [5, 5.41) is 1.37. The Morgan fingerprint density at radius 1 is 0.893 bits per heavy atom. The van der Waals surface area contributed by atoms with E-state index in [4.69, 9.17) is 0 Å². The van der Waals surface area contributed by atoms with Crippen LogP contribution in [0.2, 0.25) is 0 Å². The van der Waals surface area contributed by atoms with E-state index in [2.05, 4.69) is 87.5 Å². The van der Waals surface area contributed by atoms with E-state index in [-0.39, 0.29) is 10.8 Å². The monoisotopic (exact) mass is 372 g/mol. The maximum absolute atomic E-state index is 4.57. The molecule has 0 spiro atoms. The number of hydrogen-bond donors (Lipinski definition) is 0. The standard InChI is InChI=1S/C26H32N2/c1-17-8-11-20(16-27-17)28-23-12-9-18(25(2,3)4)14-21(23)22-15-19(26(5,6)7)10-13-24(22)28/h8-9,11-12,14-16H,10,13H2,1-7H3. The van der Waals surface area contributed by atoms with E-state index in [9.17, 15) is 0 Å². The average molecular weight is 373 g/mol. The highest BCUT2D eigenvalue weighted by Crippen LogP contribution is 2.41. The van der Waals surface area contributed by atoms with E-state index in [1.807, 2.05) is 13.1 Å². The molecule has 1 aliphatic rings. The second-order valence-corrected chi connectivity index (χ2v) is 10.3. The molecule has 1 aromatic carbocycles. The molecule has 0 fully saturated rings. The minimum atomic E-state index is 0.139. The quantitative estimate of drug-likeness (QED) is 0.449. The molecular formula is C26H32N2. The normalized spacial score (nSPS) is 14.9. The molecule has 0 unspecified atom stereocenters. The molecular weight excluding hydrogens is 340 g/mol. The van der Waals surface area contributed by atoms with Crippen LogP contribution in [0.4, 0.5) is 0 Å². The van der Waals surface area contributed by atoms with Crippen molar-refractivity contribution in [1.29, 1.82) is 0 Å². The van der Waals surface area contributed by atoms with Crippen LogP contribution in [0, 0.1) is 12.3 Å². The number of pyridine rings is 1. The molecule has 0 bridgehead atoms. The first-order valence-electron chi connectivity index (χ1n) is 10.4. The van der Waals surface area contributed by atoms with Crippen molar-refractivity contribution in [3.8, 4) is 5.69 Å². The summed E-state index contributed by atoms with van der Waals surface area (Å²) in [6, 6.07) is 11.3. The molecule has 146 valence electrons. The Balaban J connectivity index is 2.04. The zero-order valence-electron chi connectivity index (χ0n) is 18.4. The SMILES string of the molecule is Cc1ccc(-n2c3c(c4cc(C(C)(C)C)ccc42)C=C(C(C)(C)C)CC3)cn1. The summed E-state index contributed by atoms with van der Waals surface area (Å²) in [5.74, 6) is 0. The fourth-order valence-electron chi connectivity index (χ4n) is 4.22. The summed E-state index contributed by atoms with van der Waals surface area (Å²) in [4.78, 5) is 4.57. The molecule has 0 atom stereocenters. The maximum Gasteiger partial charge on any atom is 0.0642 e. The smallest absolute Gasteiger partial charge is 0.0642 e. The summed E-state index contributed by atoms with van der Waals surface area (Å²) >= 11 is 0. The molecule has 0 radical (unpaired) electrons. The molecule has 3 aromatic rings. The van der Waals surface area contributed by atoms with E-state index < -0.39 is 0 Å². The molecule has 2 heteroatoms. The van der Waals surface area contributed by atoms with Gasteiger partial charge in [-0.15, -0.1) is 0 Å². The van der Waals surface area contributed by atoms with Gasteiger partial charge in [-0.1, -0.05) is 59.3 Å². The van der Waals surface area contributed by atoms with Crippen molar-refractivity contribution >= 4 is 17.0 Å². The lowest BCUT2D eigenvalue weighted by molar-refractivity contribution is 0.483. The number of aryl methyl sites for hydroxylation is 1.